The van der Waals surface area contributed by atoms with Crippen LogP contribution in [-0.4, -0.2) is 39.2 Å². The van der Waals surface area contributed by atoms with Crippen molar-refractivity contribution in [2.75, 3.05) is 18.4 Å². The third kappa shape index (κ3) is 5.09. The van der Waals surface area contributed by atoms with Gasteiger partial charge in [-0.2, -0.15) is 0 Å². The van der Waals surface area contributed by atoms with Crippen molar-refractivity contribution in [3.05, 3.63) is 77.9 Å². The number of imidazole rings is 1. The molecule has 31 heavy (non-hydrogen) atoms. The van der Waals surface area contributed by atoms with Gasteiger partial charge < -0.3 is 9.88 Å². The second-order valence-electron chi connectivity index (χ2n) is 8.21. The van der Waals surface area contributed by atoms with Crippen LogP contribution in [0, 0.1) is 12.8 Å². The number of nitrogens with zero attached hydrogens (tertiary/aromatic N) is 3. The molecule has 0 spiro atoms. The lowest BCUT2D eigenvalue weighted by Crippen LogP contribution is -2.40. The minimum atomic E-state index is -0.0414. The first kappa shape index (κ1) is 21.0. The molecule has 1 aromatic heterocycles. The summed E-state index contributed by atoms with van der Waals surface area (Å²) in [5.41, 5.74) is 3.67. The number of benzene rings is 2. The Bertz CT molecular complexity index is 1070. The molecule has 0 saturated carbocycles. The van der Waals surface area contributed by atoms with E-state index in [4.69, 9.17) is 0 Å². The summed E-state index contributed by atoms with van der Waals surface area (Å²) in [6, 6.07) is 15.6. The zero-order valence-corrected chi connectivity index (χ0v) is 18.0. The van der Waals surface area contributed by atoms with Crippen molar-refractivity contribution in [1.82, 2.24) is 14.5 Å². The number of aromatic nitrogens is 2. The number of rotatable bonds is 6. The molecule has 1 unspecified atom stereocenters. The van der Waals surface area contributed by atoms with Gasteiger partial charge >= 0.3 is 0 Å². The van der Waals surface area contributed by atoms with Crippen LogP contribution in [-0.2, 0) is 11.3 Å². The van der Waals surface area contributed by atoms with Crippen LogP contribution in [0.25, 0.3) is 5.69 Å². The fraction of sp³-hybridized carbons (Fsp3) is 0.320. The van der Waals surface area contributed by atoms with Crippen LogP contribution < -0.4 is 5.32 Å². The summed E-state index contributed by atoms with van der Waals surface area (Å²) in [5.74, 6) is 1.02. The number of carbonyl (C=O) groups excluding carboxylic acids is 2. The summed E-state index contributed by atoms with van der Waals surface area (Å²) in [6.45, 7) is 5.99. The summed E-state index contributed by atoms with van der Waals surface area (Å²) >= 11 is 0. The van der Waals surface area contributed by atoms with Crippen molar-refractivity contribution in [1.29, 1.82) is 0 Å². The average molecular weight is 417 g/mol. The zero-order chi connectivity index (χ0) is 21.8. The molecule has 160 valence electrons. The fourth-order valence-corrected chi connectivity index (χ4v) is 4.16. The van der Waals surface area contributed by atoms with Gasteiger partial charge in [-0.05, 0) is 69.1 Å². The van der Waals surface area contributed by atoms with E-state index >= 15 is 0 Å². The maximum absolute atomic E-state index is 12.9. The van der Waals surface area contributed by atoms with Gasteiger partial charge in [-0.15, -0.1) is 0 Å². The Hall–Kier alpha value is -3.25. The number of amides is 1. The number of piperidine rings is 1. The highest BCUT2D eigenvalue weighted by atomic mass is 16.2. The molecule has 1 N–H and O–H groups in total. The molecule has 2 heterocycles. The lowest BCUT2D eigenvalue weighted by Gasteiger charge is -2.32. The molecule has 1 aliphatic heterocycles. The summed E-state index contributed by atoms with van der Waals surface area (Å²) in [7, 11) is 0. The Labute approximate surface area is 182 Å². The maximum atomic E-state index is 12.9. The van der Waals surface area contributed by atoms with E-state index in [0.29, 0.717) is 0 Å². The molecule has 1 fully saturated rings. The average Bonchev–Trinajstić information content (AvgIpc) is 3.20. The van der Waals surface area contributed by atoms with Crippen LogP contribution in [0.4, 0.5) is 5.69 Å². The van der Waals surface area contributed by atoms with Gasteiger partial charge in [0, 0.05) is 42.4 Å². The monoisotopic (exact) mass is 416 g/mol. The molecule has 6 nitrogen and oxygen atoms in total. The number of carbonyl (C=O) groups is 2. The molecule has 4 rings (SSSR count). The fourth-order valence-electron chi connectivity index (χ4n) is 4.16. The van der Waals surface area contributed by atoms with Gasteiger partial charge in [0.25, 0.3) is 0 Å². The van der Waals surface area contributed by atoms with E-state index in [2.05, 4.69) is 15.2 Å². The van der Waals surface area contributed by atoms with Crippen LogP contribution in [0.2, 0.25) is 0 Å². The lowest BCUT2D eigenvalue weighted by molar-refractivity contribution is -0.121. The highest BCUT2D eigenvalue weighted by Gasteiger charge is 2.26. The number of aryl methyl sites for hydroxylation is 1. The van der Waals surface area contributed by atoms with Crippen LogP contribution in [0.15, 0.2) is 60.9 Å². The van der Waals surface area contributed by atoms with Gasteiger partial charge in [-0.1, -0.05) is 18.2 Å². The molecule has 1 atom stereocenters. The van der Waals surface area contributed by atoms with Crippen LogP contribution in [0.3, 0.4) is 0 Å². The van der Waals surface area contributed by atoms with Crippen molar-refractivity contribution in [2.45, 2.75) is 33.2 Å². The zero-order valence-electron chi connectivity index (χ0n) is 18.0. The van der Waals surface area contributed by atoms with Gasteiger partial charge in [-0.3, -0.25) is 14.5 Å². The number of likely N-dealkylation sites (tertiary alicyclic amines) is 1. The van der Waals surface area contributed by atoms with E-state index in [1.165, 1.54) is 0 Å². The Balaban J connectivity index is 1.36. The smallest absolute Gasteiger partial charge is 0.228 e. The third-order valence-corrected chi connectivity index (χ3v) is 5.85. The van der Waals surface area contributed by atoms with E-state index in [9.17, 15) is 9.59 Å². The standard InChI is InChI=1S/C25H28N4O2/c1-18(30)21-6-3-5-20(15-21)16-28-13-4-7-22(17-28)25(31)27-23-8-10-24(11-9-23)29-14-12-26-19(29)2/h3,5-6,8-12,14-15,22H,4,7,13,16-17H2,1-2H3,(H,27,31). The van der Waals surface area contributed by atoms with Gasteiger partial charge in [-0.25, -0.2) is 4.98 Å². The second-order valence-corrected chi connectivity index (χ2v) is 8.21. The molecule has 3 aromatic rings. The van der Waals surface area contributed by atoms with Crippen LogP contribution >= 0.6 is 0 Å². The minimum Gasteiger partial charge on any atom is -0.326 e. The van der Waals surface area contributed by atoms with Crippen molar-refractivity contribution < 1.29 is 9.59 Å². The number of hydrogen-bond donors (Lipinski definition) is 1. The van der Waals surface area contributed by atoms with Crippen LogP contribution in [0.1, 0.15) is 41.5 Å². The van der Waals surface area contributed by atoms with Crippen molar-refractivity contribution in [3.63, 3.8) is 0 Å². The Kier molecular flexibility index (Phi) is 6.28. The van der Waals surface area contributed by atoms with Crippen LogP contribution in [0.5, 0.6) is 0 Å². The SMILES string of the molecule is CC(=O)c1cccc(CN2CCCC(C(=O)Nc3ccc(-n4ccnc4C)cc3)C2)c1. The molecule has 6 heteroatoms. The molecular weight excluding hydrogens is 388 g/mol. The van der Waals surface area contributed by atoms with Gasteiger partial charge in [0.05, 0.1) is 5.92 Å². The molecule has 1 amide bonds. The Morgan fingerprint density at radius 2 is 1.97 bits per heavy atom. The summed E-state index contributed by atoms with van der Waals surface area (Å²) in [4.78, 5) is 31.1. The Morgan fingerprint density at radius 3 is 2.68 bits per heavy atom. The predicted octanol–water partition coefficient (Wildman–Crippen LogP) is 4.23. The molecule has 0 aliphatic carbocycles. The first-order valence-electron chi connectivity index (χ1n) is 10.7. The normalized spacial score (nSPS) is 16.8. The van der Waals surface area contributed by atoms with E-state index < -0.39 is 0 Å². The van der Waals surface area contributed by atoms with E-state index in [0.717, 1.165) is 60.8 Å². The van der Waals surface area contributed by atoms with E-state index in [-0.39, 0.29) is 17.6 Å². The number of anilines is 1. The predicted molar refractivity (Wildman–Crippen MR) is 121 cm³/mol. The second kappa shape index (κ2) is 9.27. The number of hydrogen-bond acceptors (Lipinski definition) is 4. The highest BCUT2D eigenvalue weighted by molar-refractivity contribution is 5.94. The third-order valence-electron chi connectivity index (χ3n) is 5.85. The van der Waals surface area contributed by atoms with Crippen molar-refractivity contribution in [2.24, 2.45) is 5.92 Å². The number of nitrogens with one attached hydrogen (secondary N) is 1. The van der Waals surface area contributed by atoms with Gasteiger partial charge in [0.2, 0.25) is 5.91 Å². The van der Waals surface area contributed by atoms with E-state index in [1.54, 1.807) is 13.1 Å². The van der Waals surface area contributed by atoms with E-state index in [1.807, 2.05) is 66.2 Å². The molecule has 1 aliphatic rings. The summed E-state index contributed by atoms with van der Waals surface area (Å²) < 4.78 is 2.01. The Morgan fingerprint density at radius 1 is 1.16 bits per heavy atom. The largest absolute Gasteiger partial charge is 0.326 e. The lowest BCUT2D eigenvalue weighted by atomic mass is 9.96. The van der Waals surface area contributed by atoms with Crippen molar-refractivity contribution >= 4 is 17.4 Å². The van der Waals surface area contributed by atoms with Gasteiger partial charge in [0.1, 0.15) is 5.82 Å². The first-order valence-corrected chi connectivity index (χ1v) is 10.7. The topological polar surface area (TPSA) is 67.2 Å². The number of Topliss-reactive ketones (excluding diaryl/α,β-unsaturated/α-hetero) is 1. The summed E-state index contributed by atoms with van der Waals surface area (Å²) in [5, 5.41) is 3.07. The molecule has 2 aromatic carbocycles. The maximum Gasteiger partial charge on any atom is 0.228 e. The minimum absolute atomic E-state index is 0.0414. The molecule has 0 radical (unpaired) electrons. The highest BCUT2D eigenvalue weighted by Crippen LogP contribution is 2.22. The first-order chi connectivity index (χ1) is 15.0. The molecular formula is C25H28N4O2. The molecule has 0 bridgehead atoms. The quantitative estimate of drug-likeness (QED) is 0.611. The summed E-state index contributed by atoms with van der Waals surface area (Å²) in [6.07, 6.45) is 5.58. The number of ketones is 1. The van der Waals surface area contributed by atoms with Crippen molar-refractivity contribution in [3.8, 4) is 5.69 Å². The molecule has 1 saturated heterocycles. The van der Waals surface area contributed by atoms with Gasteiger partial charge in [0.15, 0.2) is 5.78 Å².